The molecule has 0 aliphatic carbocycles. The Balaban J connectivity index is 1.52. The number of carbonyl (C=O) groups excluding carboxylic acids is 1. The van der Waals surface area contributed by atoms with Gasteiger partial charge in [-0.3, -0.25) is 4.79 Å². The number of hydrogen-bond donors (Lipinski definition) is 2. The highest BCUT2D eigenvalue weighted by molar-refractivity contribution is 5.95. The van der Waals surface area contributed by atoms with Crippen molar-refractivity contribution in [1.29, 1.82) is 0 Å². The number of phenolic OH excluding ortho intramolecular Hbond substituents is 1. The van der Waals surface area contributed by atoms with Crippen LogP contribution in [0.3, 0.4) is 0 Å². The summed E-state index contributed by atoms with van der Waals surface area (Å²) >= 11 is 0. The highest BCUT2D eigenvalue weighted by Gasteiger charge is 2.28. The molecular weight excluding hydrogens is 374 g/mol. The zero-order valence-electron chi connectivity index (χ0n) is 17.0. The molecule has 0 bridgehead atoms. The Morgan fingerprint density at radius 2 is 1.63 bits per heavy atom. The van der Waals surface area contributed by atoms with Gasteiger partial charge in [-0.15, -0.1) is 0 Å². The van der Waals surface area contributed by atoms with Crippen LogP contribution >= 0.6 is 0 Å². The van der Waals surface area contributed by atoms with Gasteiger partial charge in [0.2, 0.25) is 0 Å². The molecule has 4 rings (SSSR count). The number of fused-ring (bicyclic) bond motifs is 1. The average molecular weight is 399 g/mol. The van der Waals surface area contributed by atoms with Crippen LogP contribution in [0.15, 0.2) is 78.9 Å². The highest BCUT2D eigenvalue weighted by atomic mass is 16.3. The van der Waals surface area contributed by atoms with E-state index in [1.807, 2.05) is 66.7 Å². The van der Waals surface area contributed by atoms with Crippen LogP contribution in [0.1, 0.15) is 46.0 Å². The first kappa shape index (κ1) is 19.9. The number of phenols is 1. The van der Waals surface area contributed by atoms with Gasteiger partial charge in [0.1, 0.15) is 5.75 Å². The van der Waals surface area contributed by atoms with E-state index in [1.165, 1.54) is 6.07 Å². The molecule has 1 amide bonds. The van der Waals surface area contributed by atoms with E-state index >= 15 is 0 Å². The average Bonchev–Trinajstić information content (AvgIpc) is 3.18. The molecule has 3 aromatic rings. The lowest BCUT2D eigenvalue weighted by molar-refractivity contribution is 0.0579. The smallest absolute Gasteiger partial charge is 0.254 e. The second-order valence-electron chi connectivity index (χ2n) is 7.95. The Morgan fingerprint density at radius 1 is 1.00 bits per heavy atom. The molecule has 30 heavy (non-hydrogen) atoms. The number of aromatic hydroxyl groups is 1. The summed E-state index contributed by atoms with van der Waals surface area (Å²) in [5, 5.41) is 21.4. The standard InChI is InChI=1S/C26H25NO3/c1-26(30,15-7-10-19-8-3-2-4-9-19)23-16-20(13-14-24(23)28)25(29)27-17-21-11-5-6-12-22(21)18-27/h2-14,16,28,30H,15,17-18H2,1H3/b10-7-. The fourth-order valence-corrected chi connectivity index (χ4v) is 3.86. The summed E-state index contributed by atoms with van der Waals surface area (Å²) in [6.07, 6.45) is 4.12. The number of benzene rings is 3. The molecule has 1 aliphatic heterocycles. The van der Waals surface area contributed by atoms with E-state index in [-0.39, 0.29) is 11.7 Å². The van der Waals surface area contributed by atoms with Gasteiger partial charge in [-0.1, -0.05) is 66.7 Å². The predicted molar refractivity (Wildman–Crippen MR) is 118 cm³/mol. The third-order valence-corrected chi connectivity index (χ3v) is 5.58. The first-order valence-corrected chi connectivity index (χ1v) is 10.1. The van der Waals surface area contributed by atoms with Crippen LogP contribution in [-0.4, -0.2) is 21.0 Å². The number of hydrogen-bond acceptors (Lipinski definition) is 3. The Labute approximate surface area is 176 Å². The first-order valence-electron chi connectivity index (χ1n) is 10.1. The van der Waals surface area contributed by atoms with Crippen molar-refractivity contribution in [3.8, 4) is 5.75 Å². The van der Waals surface area contributed by atoms with E-state index in [2.05, 4.69) is 0 Å². The molecule has 0 radical (unpaired) electrons. The van der Waals surface area contributed by atoms with Gasteiger partial charge in [0.05, 0.1) is 5.60 Å². The molecular formula is C26H25NO3. The fraction of sp³-hybridized carbons (Fsp3) is 0.192. The van der Waals surface area contributed by atoms with Crippen LogP contribution in [0.4, 0.5) is 0 Å². The molecule has 0 spiro atoms. The maximum Gasteiger partial charge on any atom is 0.254 e. The minimum absolute atomic E-state index is 0.0191. The van der Waals surface area contributed by atoms with E-state index in [4.69, 9.17) is 0 Å². The molecule has 1 aliphatic rings. The van der Waals surface area contributed by atoms with Crippen molar-refractivity contribution in [2.75, 3.05) is 0 Å². The summed E-state index contributed by atoms with van der Waals surface area (Å²) in [7, 11) is 0. The second kappa shape index (κ2) is 8.17. The molecule has 1 heterocycles. The van der Waals surface area contributed by atoms with Crippen LogP contribution in [0.2, 0.25) is 0 Å². The van der Waals surface area contributed by atoms with Gasteiger partial charge in [0.15, 0.2) is 0 Å². The molecule has 1 atom stereocenters. The summed E-state index contributed by atoms with van der Waals surface area (Å²) in [5.41, 5.74) is 2.85. The fourth-order valence-electron chi connectivity index (χ4n) is 3.86. The second-order valence-corrected chi connectivity index (χ2v) is 7.95. The number of carbonyl (C=O) groups is 1. The number of nitrogens with zero attached hydrogens (tertiary/aromatic N) is 1. The summed E-state index contributed by atoms with van der Waals surface area (Å²) < 4.78 is 0. The third-order valence-electron chi connectivity index (χ3n) is 5.58. The van der Waals surface area contributed by atoms with Crippen LogP contribution in [0.5, 0.6) is 5.75 Å². The molecule has 0 fully saturated rings. The lowest BCUT2D eigenvalue weighted by Crippen LogP contribution is -2.26. The van der Waals surface area contributed by atoms with E-state index < -0.39 is 5.60 Å². The lowest BCUT2D eigenvalue weighted by atomic mass is 9.90. The Morgan fingerprint density at radius 3 is 2.30 bits per heavy atom. The molecule has 0 aromatic heterocycles. The number of aliphatic hydroxyl groups is 1. The van der Waals surface area contributed by atoms with E-state index in [0.29, 0.717) is 30.6 Å². The zero-order chi connectivity index (χ0) is 21.1. The van der Waals surface area contributed by atoms with Crippen molar-refractivity contribution in [1.82, 2.24) is 4.90 Å². The van der Waals surface area contributed by atoms with Gasteiger partial charge < -0.3 is 15.1 Å². The van der Waals surface area contributed by atoms with E-state index in [0.717, 1.165) is 16.7 Å². The SMILES string of the molecule is CC(O)(C/C=C\c1ccccc1)c1cc(C(=O)N2Cc3ccccc3C2)ccc1O. The molecule has 3 aromatic carbocycles. The summed E-state index contributed by atoms with van der Waals surface area (Å²) in [6, 6.07) is 22.6. The van der Waals surface area contributed by atoms with Crippen LogP contribution in [0.25, 0.3) is 6.08 Å². The molecule has 152 valence electrons. The molecule has 2 N–H and O–H groups in total. The van der Waals surface area contributed by atoms with Crippen molar-refractivity contribution < 1.29 is 15.0 Å². The molecule has 0 saturated heterocycles. The predicted octanol–water partition coefficient (Wildman–Crippen LogP) is 4.86. The zero-order valence-corrected chi connectivity index (χ0v) is 17.0. The van der Waals surface area contributed by atoms with Crippen molar-refractivity contribution in [2.24, 2.45) is 0 Å². The maximum atomic E-state index is 13.1. The summed E-state index contributed by atoms with van der Waals surface area (Å²) in [4.78, 5) is 14.8. The quantitative estimate of drug-likeness (QED) is 0.644. The molecule has 4 heteroatoms. The van der Waals surface area contributed by atoms with E-state index in [1.54, 1.807) is 24.0 Å². The minimum Gasteiger partial charge on any atom is -0.508 e. The topological polar surface area (TPSA) is 60.8 Å². The van der Waals surface area contributed by atoms with Crippen molar-refractivity contribution >= 4 is 12.0 Å². The highest BCUT2D eigenvalue weighted by Crippen LogP contribution is 2.34. The van der Waals surface area contributed by atoms with Crippen LogP contribution in [0, 0.1) is 0 Å². The van der Waals surface area contributed by atoms with Crippen LogP contribution < -0.4 is 0 Å². The largest absolute Gasteiger partial charge is 0.508 e. The van der Waals surface area contributed by atoms with Crippen molar-refractivity contribution in [3.63, 3.8) is 0 Å². The number of rotatable bonds is 5. The Bertz CT molecular complexity index is 1060. The van der Waals surface area contributed by atoms with Gasteiger partial charge in [-0.05, 0) is 48.2 Å². The van der Waals surface area contributed by atoms with Gasteiger partial charge in [0, 0.05) is 24.2 Å². The van der Waals surface area contributed by atoms with Gasteiger partial charge in [-0.2, -0.15) is 0 Å². The van der Waals surface area contributed by atoms with E-state index in [9.17, 15) is 15.0 Å². The Hall–Kier alpha value is -3.37. The Kier molecular flexibility index (Phi) is 5.42. The number of amides is 1. The van der Waals surface area contributed by atoms with Crippen LogP contribution in [-0.2, 0) is 18.7 Å². The minimum atomic E-state index is -1.31. The van der Waals surface area contributed by atoms with Gasteiger partial charge >= 0.3 is 0 Å². The first-order chi connectivity index (χ1) is 14.4. The third kappa shape index (κ3) is 4.14. The lowest BCUT2D eigenvalue weighted by Gasteiger charge is -2.24. The molecule has 4 nitrogen and oxygen atoms in total. The molecule has 0 saturated carbocycles. The summed E-state index contributed by atoms with van der Waals surface area (Å²) in [6.45, 7) is 2.79. The summed E-state index contributed by atoms with van der Waals surface area (Å²) in [5.74, 6) is -0.127. The van der Waals surface area contributed by atoms with Crippen molar-refractivity contribution in [2.45, 2.75) is 32.0 Å². The van der Waals surface area contributed by atoms with Gasteiger partial charge in [-0.25, -0.2) is 0 Å². The molecule has 1 unspecified atom stereocenters. The monoisotopic (exact) mass is 399 g/mol. The van der Waals surface area contributed by atoms with Gasteiger partial charge in [0.25, 0.3) is 5.91 Å². The normalized spacial score (nSPS) is 15.2. The maximum absolute atomic E-state index is 13.1. The van der Waals surface area contributed by atoms with Crippen molar-refractivity contribution in [3.05, 3.63) is 107 Å².